The second-order valence-electron chi connectivity index (χ2n) is 7.42. The zero-order valence-corrected chi connectivity index (χ0v) is 15.3. The lowest BCUT2D eigenvalue weighted by Gasteiger charge is -2.38. The van der Waals surface area contributed by atoms with E-state index in [2.05, 4.69) is 15.7 Å². The number of nitrogens with one attached hydrogen (secondary N) is 2. The maximum Gasteiger partial charge on any atom is 0.272 e. The molecule has 1 aromatic heterocycles. The second-order valence-corrected chi connectivity index (χ2v) is 7.42. The minimum atomic E-state index is -0.364. The van der Waals surface area contributed by atoms with E-state index in [0.717, 1.165) is 42.4 Å². The molecule has 0 radical (unpaired) electrons. The van der Waals surface area contributed by atoms with Gasteiger partial charge < -0.3 is 20.1 Å². The third-order valence-electron chi connectivity index (χ3n) is 4.88. The fourth-order valence-corrected chi connectivity index (χ4v) is 3.62. The molecule has 1 aromatic carbocycles. The summed E-state index contributed by atoms with van der Waals surface area (Å²) in [5.41, 5.74) is 2.06. The first kappa shape index (κ1) is 16.9. The topological polar surface area (TPSA) is 77.4 Å². The lowest BCUT2D eigenvalue weighted by atomic mass is 9.89. The Labute approximate surface area is 152 Å². The fraction of sp³-hybridized carbons (Fsp3) is 0.474. The smallest absolute Gasteiger partial charge is 0.272 e. The summed E-state index contributed by atoms with van der Waals surface area (Å²) >= 11 is 0. The van der Waals surface area contributed by atoms with Crippen molar-refractivity contribution in [1.29, 1.82) is 0 Å². The minimum absolute atomic E-state index is 0.159. The van der Waals surface area contributed by atoms with Gasteiger partial charge in [-0.25, -0.2) is 0 Å². The molecule has 0 bridgehead atoms. The highest BCUT2D eigenvalue weighted by atomic mass is 16.5. The standard InChI is InChI=1S/C19H24N4O3/c1-19(2)10-16(14-9-13(25-3)4-5-17(14)26-19)21-18(24)15-8-12-11-20-6-7-23(12)22-15/h4-5,8-9,16,20H,6-7,10-11H2,1-3H3,(H,21,24). The number of amides is 1. The molecule has 2 aliphatic heterocycles. The molecule has 1 amide bonds. The largest absolute Gasteiger partial charge is 0.497 e. The van der Waals surface area contributed by atoms with E-state index in [0.29, 0.717) is 12.1 Å². The summed E-state index contributed by atoms with van der Waals surface area (Å²) in [6.07, 6.45) is 0.675. The Bertz CT molecular complexity index is 820. The van der Waals surface area contributed by atoms with Crippen LogP contribution < -0.4 is 20.1 Å². The van der Waals surface area contributed by atoms with Crippen LogP contribution in [0, 0.1) is 0 Å². The normalized spacial score (nSPS) is 20.5. The van der Waals surface area contributed by atoms with Gasteiger partial charge in [-0.1, -0.05) is 0 Å². The van der Waals surface area contributed by atoms with Crippen LogP contribution in [-0.4, -0.2) is 34.9 Å². The SMILES string of the molecule is COc1ccc2c(c1)C(NC(=O)c1cc3n(n1)CCNC3)CC(C)(C)O2. The third kappa shape index (κ3) is 3.14. The van der Waals surface area contributed by atoms with Crippen LogP contribution in [0.25, 0.3) is 0 Å². The molecular formula is C19H24N4O3. The molecule has 2 aliphatic rings. The molecule has 0 spiro atoms. The number of ether oxygens (including phenoxy) is 2. The summed E-state index contributed by atoms with van der Waals surface area (Å²) in [5, 5.41) is 10.9. The van der Waals surface area contributed by atoms with Crippen LogP contribution in [0.2, 0.25) is 0 Å². The Hall–Kier alpha value is -2.54. The number of hydrogen-bond acceptors (Lipinski definition) is 5. The van der Waals surface area contributed by atoms with Gasteiger partial charge in [-0.2, -0.15) is 5.10 Å². The maximum absolute atomic E-state index is 12.8. The van der Waals surface area contributed by atoms with Gasteiger partial charge in [0.1, 0.15) is 17.1 Å². The van der Waals surface area contributed by atoms with Crippen molar-refractivity contribution >= 4 is 5.91 Å². The number of hydrogen-bond donors (Lipinski definition) is 2. The molecule has 7 heteroatoms. The zero-order valence-electron chi connectivity index (χ0n) is 15.3. The highest BCUT2D eigenvalue weighted by molar-refractivity contribution is 5.92. The first-order chi connectivity index (χ1) is 12.4. The summed E-state index contributed by atoms with van der Waals surface area (Å²) in [5.74, 6) is 1.36. The molecule has 2 N–H and O–H groups in total. The number of fused-ring (bicyclic) bond motifs is 2. The second kappa shape index (κ2) is 6.32. The van der Waals surface area contributed by atoms with Crippen LogP contribution in [0.4, 0.5) is 0 Å². The number of carbonyl (C=O) groups excluding carboxylic acids is 1. The minimum Gasteiger partial charge on any atom is -0.497 e. The Balaban J connectivity index is 1.61. The van der Waals surface area contributed by atoms with Crippen molar-refractivity contribution in [3.05, 3.63) is 41.2 Å². The lowest BCUT2D eigenvalue weighted by Crippen LogP contribution is -2.41. The van der Waals surface area contributed by atoms with Crippen LogP contribution in [0.3, 0.4) is 0 Å². The van der Waals surface area contributed by atoms with E-state index in [1.165, 1.54) is 0 Å². The predicted molar refractivity (Wildman–Crippen MR) is 96.5 cm³/mol. The Morgan fingerprint density at radius 3 is 3.04 bits per heavy atom. The zero-order chi connectivity index (χ0) is 18.3. The number of carbonyl (C=O) groups is 1. The molecule has 1 unspecified atom stereocenters. The van der Waals surface area contributed by atoms with Gasteiger partial charge in [0.05, 0.1) is 25.4 Å². The molecular weight excluding hydrogens is 332 g/mol. The van der Waals surface area contributed by atoms with E-state index >= 15 is 0 Å². The van der Waals surface area contributed by atoms with E-state index in [1.54, 1.807) is 7.11 Å². The van der Waals surface area contributed by atoms with Crippen LogP contribution >= 0.6 is 0 Å². The van der Waals surface area contributed by atoms with E-state index in [9.17, 15) is 4.79 Å². The maximum atomic E-state index is 12.8. The quantitative estimate of drug-likeness (QED) is 0.880. The van der Waals surface area contributed by atoms with E-state index in [-0.39, 0.29) is 17.6 Å². The summed E-state index contributed by atoms with van der Waals surface area (Å²) in [6, 6.07) is 7.40. The van der Waals surface area contributed by atoms with E-state index in [4.69, 9.17) is 9.47 Å². The first-order valence-corrected chi connectivity index (χ1v) is 8.90. The summed E-state index contributed by atoms with van der Waals surface area (Å²) in [7, 11) is 1.63. The number of nitrogens with zero attached hydrogens (tertiary/aromatic N) is 2. The van der Waals surface area contributed by atoms with Crippen LogP contribution in [0.1, 0.15) is 48.1 Å². The van der Waals surface area contributed by atoms with Crippen LogP contribution in [0.5, 0.6) is 11.5 Å². The van der Waals surface area contributed by atoms with Gasteiger partial charge in [-0.15, -0.1) is 0 Å². The molecule has 0 saturated carbocycles. The molecule has 138 valence electrons. The lowest BCUT2D eigenvalue weighted by molar-refractivity contribution is 0.0616. The summed E-state index contributed by atoms with van der Waals surface area (Å²) in [4.78, 5) is 12.8. The molecule has 4 rings (SSSR count). The van der Waals surface area contributed by atoms with Gasteiger partial charge in [0.25, 0.3) is 5.91 Å². The number of aromatic nitrogens is 2. The van der Waals surface area contributed by atoms with Gasteiger partial charge in [0.2, 0.25) is 0 Å². The van der Waals surface area contributed by atoms with Crippen molar-refractivity contribution in [2.45, 2.75) is 45.0 Å². The first-order valence-electron chi connectivity index (χ1n) is 8.90. The van der Waals surface area contributed by atoms with Gasteiger partial charge in [0, 0.05) is 25.1 Å². The highest BCUT2D eigenvalue weighted by Gasteiger charge is 2.35. The van der Waals surface area contributed by atoms with E-state index in [1.807, 2.05) is 42.8 Å². The fourth-order valence-electron chi connectivity index (χ4n) is 3.62. The predicted octanol–water partition coefficient (Wildman–Crippen LogP) is 2.03. The monoisotopic (exact) mass is 356 g/mol. The Kier molecular flexibility index (Phi) is 4.11. The molecule has 0 fully saturated rings. The van der Waals surface area contributed by atoms with Crippen molar-refractivity contribution < 1.29 is 14.3 Å². The molecule has 0 aliphatic carbocycles. The molecule has 2 aromatic rings. The van der Waals surface area contributed by atoms with Crippen molar-refractivity contribution in [2.24, 2.45) is 0 Å². The van der Waals surface area contributed by atoms with Crippen LogP contribution in [-0.2, 0) is 13.1 Å². The highest BCUT2D eigenvalue weighted by Crippen LogP contribution is 2.41. The molecule has 26 heavy (non-hydrogen) atoms. The summed E-state index contributed by atoms with van der Waals surface area (Å²) < 4.78 is 13.3. The molecule has 0 saturated heterocycles. The molecule has 7 nitrogen and oxygen atoms in total. The van der Waals surface area contributed by atoms with Crippen molar-refractivity contribution in [2.75, 3.05) is 13.7 Å². The third-order valence-corrected chi connectivity index (χ3v) is 4.88. The van der Waals surface area contributed by atoms with Gasteiger partial charge in [-0.3, -0.25) is 9.48 Å². The Morgan fingerprint density at radius 2 is 2.27 bits per heavy atom. The van der Waals surface area contributed by atoms with E-state index < -0.39 is 0 Å². The van der Waals surface area contributed by atoms with Crippen molar-refractivity contribution in [1.82, 2.24) is 20.4 Å². The Morgan fingerprint density at radius 1 is 1.42 bits per heavy atom. The number of methoxy groups -OCH3 is 1. The number of rotatable bonds is 3. The molecule has 3 heterocycles. The van der Waals surface area contributed by atoms with Crippen molar-refractivity contribution in [3.8, 4) is 11.5 Å². The van der Waals surface area contributed by atoms with Gasteiger partial charge in [0.15, 0.2) is 5.69 Å². The van der Waals surface area contributed by atoms with Gasteiger partial charge in [-0.05, 0) is 38.1 Å². The average molecular weight is 356 g/mol. The summed E-state index contributed by atoms with van der Waals surface area (Å²) in [6.45, 7) is 6.45. The molecule has 1 atom stereocenters. The number of benzene rings is 1. The van der Waals surface area contributed by atoms with Crippen molar-refractivity contribution in [3.63, 3.8) is 0 Å². The van der Waals surface area contributed by atoms with Gasteiger partial charge >= 0.3 is 0 Å². The average Bonchev–Trinajstić information content (AvgIpc) is 3.05. The van der Waals surface area contributed by atoms with Crippen LogP contribution in [0.15, 0.2) is 24.3 Å².